The zero-order valence-corrected chi connectivity index (χ0v) is 14.4. The molecule has 0 spiro atoms. The van der Waals surface area contributed by atoms with Crippen molar-refractivity contribution >= 4 is 34.1 Å². The second-order valence-electron chi connectivity index (χ2n) is 5.71. The first-order chi connectivity index (χ1) is 11.8. The number of carbonyl (C=O) groups is 1. The van der Waals surface area contributed by atoms with Crippen LogP contribution >= 0.6 is 11.6 Å². The van der Waals surface area contributed by atoms with E-state index in [0.29, 0.717) is 27.4 Å². The van der Waals surface area contributed by atoms with Crippen LogP contribution < -0.4 is 10.9 Å². The Kier molecular flexibility index (Phi) is 4.55. The number of aromatic nitrogens is 2. The predicted octanol–water partition coefficient (Wildman–Crippen LogP) is 3.50. The Morgan fingerprint density at radius 3 is 2.60 bits per heavy atom. The fourth-order valence-corrected chi connectivity index (χ4v) is 2.80. The second-order valence-corrected chi connectivity index (χ2v) is 6.11. The smallest absolute Gasteiger partial charge is 0.261 e. The van der Waals surface area contributed by atoms with Crippen LogP contribution in [0.1, 0.15) is 18.3 Å². The van der Waals surface area contributed by atoms with E-state index in [1.54, 1.807) is 25.1 Å². The molecule has 0 fully saturated rings. The van der Waals surface area contributed by atoms with Gasteiger partial charge < -0.3 is 5.32 Å². The summed E-state index contributed by atoms with van der Waals surface area (Å²) in [6, 6.07) is 9.01. The van der Waals surface area contributed by atoms with Gasteiger partial charge in [0, 0.05) is 6.92 Å². The van der Waals surface area contributed by atoms with Crippen molar-refractivity contribution in [1.82, 2.24) is 9.55 Å². The van der Waals surface area contributed by atoms with Crippen molar-refractivity contribution in [3.63, 3.8) is 0 Å². The molecule has 1 heterocycles. The molecular weight excluding hydrogens is 345 g/mol. The highest BCUT2D eigenvalue weighted by atomic mass is 35.5. The molecule has 25 heavy (non-hydrogen) atoms. The number of hydrogen-bond donors (Lipinski definition) is 1. The maximum absolute atomic E-state index is 13.1. The number of nitrogens with one attached hydrogen (secondary N) is 1. The molecule has 0 radical (unpaired) electrons. The van der Waals surface area contributed by atoms with Gasteiger partial charge in [-0.15, -0.1) is 0 Å². The topological polar surface area (TPSA) is 64.0 Å². The Hall–Kier alpha value is -2.73. The molecule has 3 rings (SSSR count). The average molecular weight is 360 g/mol. The van der Waals surface area contributed by atoms with Crippen LogP contribution in [-0.4, -0.2) is 15.5 Å². The average Bonchev–Trinajstić information content (AvgIpc) is 2.54. The molecule has 0 aliphatic heterocycles. The number of halogens is 2. The van der Waals surface area contributed by atoms with Crippen LogP contribution in [-0.2, 0) is 11.3 Å². The van der Waals surface area contributed by atoms with Gasteiger partial charge in [-0.2, -0.15) is 0 Å². The lowest BCUT2D eigenvalue weighted by molar-refractivity contribution is -0.114. The van der Waals surface area contributed by atoms with Gasteiger partial charge in [-0.25, -0.2) is 9.37 Å². The lowest BCUT2D eigenvalue weighted by Gasteiger charge is -2.12. The summed E-state index contributed by atoms with van der Waals surface area (Å²) in [4.78, 5) is 28.6. The number of rotatable bonds is 3. The van der Waals surface area contributed by atoms with Crippen LogP contribution in [0.4, 0.5) is 10.1 Å². The molecule has 1 aromatic heterocycles. The van der Waals surface area contributed by atoms with E-state index >= 15 is 0 Å². The van der Waals surface area contributed by atoms with Gasteiger partial charge in [0.25, 0.3) is 5.56 Å². The molecular formula is C18H15ClFN3O2. The predicted molar refractivity (Wildman–Crippen MR) is 95.6 cm³/mol. The summed E-state index contributed by atoms with van der Waals surface area (Å²) in [5.41, 5.74) is 1.34. The summed E-state index contributed by atoms with van der Waals surface area (Å²) >= 11 is 6.14. The van der Waals surface area contributed by atoms with E-state index in [0.717, 1.165) is 5.56 Å². The Morgan fingerprint density at radius 2 is 1.96 bits per heavy atom. The molecule has 0 saturated carbocycles. The summed E-state index contributed by atoms with van der Waals surface area (Å²) < 4.78 is 14.6. The largest absolute Gasteiger partial charge is 0.325 e. The third-order valence-electron chi connectivity index (χ3n) is 3.80. The van der Waals surface area contributed by atoms with E-state index in [1.807, 2.05) is 0 Å². The molecule has 0 unspecified atom stereocenters. The van der Waals surface area contributed by atoms with E-state index in [4.69, 9.17) is 11.6 Å². The molecule has 2 aromatic carbocycles. The van der Waals surface area contributed by atoms with Crippen LogP contribution in [0.2, 0.25) is 5.02 Å². The zero-order chi connectivity index (χ0) is 18.1. The van der Waals surface area contributed by atoms with Crippen LogP contribution in [0.25, 0.3) is 10.9 Å². The first-order valence-corrected chi connectivity index (χ1v) is 7.95. The van der Waals surface area contributed by atoms with Crippen molar-refractivity contribution in [3.8, 4) is 0 Å². The molecule has 0 bridgehead atoms. The van der Waals surface area contributed by atoms with Gasteiger partial charge in [-0.05, 0) is 36.8 Å². The quantitative estimate of drug-likeness (QED) is 0.778. The minimum absolute atomic E-state index is 0.255. The van der Waals surface area contributed by atoms with E-state index < -0.39 is 0 Å². The SMILES string of the molecule is CC(=O)Nc1cc2c(=O)n(Cc3ccc(F)cc3)c(C)nc2cc1Cl. The zero-order valence-electron chi connectivity index (χ0n) is 13.6. The number of fused-ring (bicyclic) bond motifs is 1. The lowest BCUT2D eigenvalue weighted by Crippen LogP contribution is -2.24. The van der Waals surface area contributed by atoms with Gasteiger partial charge in [0.2, 0.25) is 5.91 Å². The molecule has 0 saturated heterocycles. The number of hydrogen-bond acceptors (Lipinski definition) is 3. The number of benzene rings is 2. The summed E-state index contributed by atoms with van der Waals surface area (Å²) in [7, 11) is 0. The Bertz CT molecular complexity index is 1030. The van der Waals surface area contributed by atoms with Crippen molar-refractivity contribution in [2.75, 3.05) is 5.32 Å². The fraction of sp³-hybridized carbons (Fsp3) is 0.167. The van der Waals surface area contributed by atoms with Crippen molar-refractivity contribution in [3.05, 3.63) is 69.0 Å². The molecule has 1 N–H and O–H groups in total. The number of anilines is 1. The van der Waals surface area contributed by atoms with Gasteiger partial charge in [0.1, 0.15) is 11.6 Å². The third-order valence-corrected chi connectivity index (χ3v) is 4.11. The summed E-state index contributed by atoms with van der Waals surface area (Å²) in [5.74, 6) is -0.0998. The lowest BCUT2D eigenvalue weighted by atomic mass is 10.2. The van der Waals surface area contributed by atoms with E-state index in [9.17, 15) is 14.0 Å². The molecule has 5 nitrogen and oxygen atoms in total. The molecule has 0 atom stereocenters. The van der Waals surface area contributed by atoms with Crippen molar-refractivity contribution in [1.29, 1.82) is 0 Å². The monoisotopic (exact) mass is 359 g/mol. The van der Waals surface area contributed by atoms with Gasteiger partial charge >= 0.3 is 0 Å². The highest BCUT2D eigenvalue weighted by Crippen LogP contribution is 2.26. The minimum Gasteiger partial charge on any atom is -0.325 e. The van der Waals surface area contributed by atoms with Crippen molar-refractivity contribution in [2.45, 2.75) is 20.4 Å². The highest BCUT2D eigenvalue weighted by molar-refractivity contribution is 6.34. The van der Waals surface area contributed by atoms with Gasteiger partial charge in [-0.3, -0.25) is 14.2 Å². The van der Waals surface area contributed by atoms with Crippen molar-refractivity contribution in [2.24, 2.45) is 0 Å². The third kappa shape index (κ3) is 3.53. The number of nitrogens with zero attached hydrogens (tertiary/aromatic N) is 2. The summed E-state index contributed by atoms with van der Waals surface area (Å²) in [6.45, 7) is 3.35. The van der Waals surface area contributed by atoms with Crippen LogP contribution in [0, 0.1) is 12.7 Å². The number of carbonyl (C=O) groups excluding carboxylic acids is 1. The first-order valence-electron chi connectivity index (χ1n) is 7.58. The maximum atomic E-state index is 13.1. The maximum Gasteiger partial charge on any atom is 0.261 e. The van der Waals surface area contributed by atoms with Gasteiger partial charge in [0.15, 0.2) is 0 Å². The second kappa shape index (κ2) is 6.64. The van der Waals surface area contributed by atoms with Crippen molar-refractivity contribution < 1.29 is 9.18 Å². The molecule has 0 aliphatic carbocycles. The summed E-state index contributed by atoms with van der Waals surface area (Å²) in [6.07, 6.45) is 0. The van der Waals surface area contributed by atoms with E-state index in [2.05, 4.69) is 10.3 Å². The Balaban J connectivity index is 2.13. The Morgan fingerprint density at radius 1 is 1.28 bits per heavy atom. The molecule has 1 amide bonds. The number of aryl methyl sites for hydroxylation is 1. The first kappa shape index (κ1) is 17.1. The van der Waals surface area contributed by atoms with E-state index in [-0.39, 0.29) is 23.8 Å². The van der Waals surface area contributed by atoms with Crippen LogP contribution in [0.5, 0.6) is 0 Å². The van der Waals surface area contributed by atoms with Crippen LogP contribution in [0.3, 0.4) is 0 Å². The molecule has 128 valence electrons. The normalized spacial score (nSPS) is 10.9. The van der Waals surface area contributed by atoms with E-state index in [1.165, 1.54) is 29.7 Å². The molecule has 0 aliphatic rings. The van der Waals surface area contributed by atoms with Gasteiger partial charge in [-0.1, -0.05) is 23.7 Å². The van der Waals surface area contributed by atoms with Crippen LogP contribution in [0.15, 0.2) is 41.2 Å². The molecule has 3 aromatic rings. The summed E-state index contributed by atoms with van der Waals surface area (Å²) in [5, 5.41) is 3.25. The minimum atomic E-state index is -0.334. The Labute approximate surface area is 148 Å². The molecule has 7 heteroatoms. The standard InChI is InChI=1S/C18H15ClFN3O2/c1-10-21-16-8-15(19)17(22-11(2)24)7-14(16)18(25)23(10)9-12-3-5-13(20)6-4-12/h3-8H,9H2,1-2H3,(H,22,24). The number of amides is 1. The van der Waals surface area contributed by atoms with Gasteiger partial charge in [0.05, 0.1) is 28.2 Å². The fourth-order valence-electron chi connectivity index (χ4n) is 2.60. The highest BCUT2D eigenvalue weighted by Gasteiger charge is 2.12.